The summed E-state index contributed by atoms with van der Waals surface area (Å²) in [7, 11) is 0. The van der Waals surface area contributed by atoms with Crippen molar-refractivity contribution in [3.8, 4) is 0 Å². The summed E-state index contributed by atoms with van der Waals surface area (Å²) in [6.07, 6.45) is 1.65. The molecule has 0 N–H and O–H groups in total. The molecule has 0 unspecified atom stereocenters. The number of rotatable bonds is 6. The van der Waals surface area contributed by atoms with Crippen LogP contribution in [0.2, 0.25) is 0 Å². The first-order valence-electron chi connectivity index (χ1n) is 8.58. The van der Waals surface area contributed by atoms with Crippen LogP contribution in [0.1, 0.15) is 22.3 Å². The summed E-state index contributed by atoms with van der Waals surface area (Å²) in [5, 5.41) is 0. The van der Waals surface area contributed by atoms with Crippen LogP contribution in [0.25, 0.3) is 12.2 Å². The zero-order valence-electron chi connectivity index (χ0n) is 15.3. The van der Waals surface area contributed by atoms with Gasteiger partial charge in [-0.15, -0.1) is 0 Å². The van der Waals surface area contributed by atoms with Gasteiger partial charge in [0.15, 0.2) is 0 Å². The third kappa shape index (κ3) is 6.77. The molecule has 0 aliphatic carbocycles. The Bertz CT molecular complexity index is 745. The van der Waals surface area contributed by atoms with Crippen molar-refractivity contribution in [3.05, 3.63) is 82.9 Å². The van der Waals surface area contributed by atoms with E-state index in [1.165, 1.54) is 0 Å². The van der Waals surface area contributed by atoms with E-state index >= 15 is 0 Å². The predicted molar refractivity (Wildman–Crippen MR) is 103 cm³/mol. The maximum atomic E-state index is 12.8. The fraction of sp³-hybridized carbons (Fsp3) is 0.227. The minimum Gasteiger partial charge on any atom is -0.327 e. The van der Waals surface area contributed by atoms with Crippen LogP contribution in [-0.2, 0) is 4.79 Å². The second kappa shape index (κ2) is 9.21. The molecule has 2 rings (SSSR count). The van der Waals surface area contributed by atoms with Crippen molar-refractivity contribution in [2.75, 3.05) is 13.1 Å². The highest BCUT2D eigenvalue weighted by atomic mass is 19.4. The van der Waals surface area contributed by atoms with Crippen molar-refractivity contribution in [3.63, 3.8) is 0 Å². The number of nitrogens with zero attached hydrogens (tertiary/aromatic N) is 1. The third-order valence-electron chi connectivity index (χ3n) is 3.96. The smallest absolute Gasteiger partial charge is 0.327 e. The second-order valence-electron chi connectivity index (χ2n) is 6.33. The van der Waals surface area contributed by atoms with E-state index in [4.69, 9.17) is 0 Å². The van der Waals surface area contributed by atoms with Crippen LogP contribution >= 0.6 is 0 Å². The van der Waals surface area contributed by atoms with Gasteiger partial charge in [-0.2, -0.15) is 13.2 Å². The van der Waals surface area contributed by atoms with E-state index in [1.54, 1.807) is 24.3 Å². The number of benzene rings is 2. The number of halogens is 3. The van der Waals surface area contributed by atoms with Gasteiger partial charge >= 0.3 is 12.1 Å². The van der Waals surface area contributed by atoms with Crippen molar-refractivity contribution in [2.24, 2.45) is 0 Å². The molecule has 0 aromatic heterocycles. The molecule has 0 spiro atoms. The van der Waals surface area contributed by atoms with Gasteiger partial charge in [-0.3, -0.25) is 4.79 Å². The van der Waals surface area contributed by atoms with Crippen LogP contribution in [0.3, 0.4) is 0 Å². The van der Waals surface area contributed by atoms with Gasteiger partial charge < -0.3 is 4.90 Å². The molecule has 0 fully saturated rings. The standard InChI is InChI=1S/C22H22F3NO/c1-17-7-11-19(12-8-17)5-3-15-26(21(27)22(23,24)25)16-4-6-20-13-9-18(2)10-14-20/h3-14H,15-16H2,1-2H3. The number of amides is 1. The Morgan fingerprint density at radius 1 is 0.815 bits per heavy atom. The second-order valence-corrected chi connectivity index (χ2v) is 6.33. The Hall–Kier alpha value is -2.82. The minimum absolute atomic E-state index is 0.121. The van der Waals surface area contributed by atoms with Gasteiger partial charge in [0.1, 0.15) is 0 Å². The summed E-state index contributed by atoms with van der Waals surface area (Å²) in [6, 6.07) is 15.2. The summed E-state index contributed by atoms with van der Waals surface area (Å²) in [5.41, 5.74) is 3.94. The molecule has 0 saturated heterocycles. The molecule has 1 amide bonds. The number of aryl methyl sites for hydroxylation is 2. The molecule has 0 saturated carbocycles. The molecule has 0 radical (unpaired) electrons. The van der Waals surface area contributed by atoms with Crippen LogP contribution in [-0.4, -0.2) is 30.1 Å². The fourth-order valence-corrected chi connectivity index (χ4v) is 2.41. The largest absolute Gasteiger partial charge is 0.471 e. The van der Waals surface area contributed by atoms with Crippen molar-refractivity contribution in [2.45, 2.75) is 20.0 Å². The first-order chi connectivity index (χ1) is 12.8. The Balaban J connectivity index is 2.05. The molecule has 0 bridgehead atoms. The van der Waals surface area contributed by atoms with Crippen molar-refractivity contribution >= 4 is 18.1 Å². The van der Waals surface area contributed by atoms with E-state index in [9.17, 15) is 18.0 Å². The van der Waals surface area contributed by atoms with Crippen LogP contribution in [0.5, 0.6) is 0 Å². The first-order valence-corrected chi connectivity index (χ1v) is 8.58. The highest BCUT2D eigenvalue weighted by Gasteiger charge is 2.41. The highest BCUT2D eigenvalue weighted by molar-refractivity contribution is 5.82. The maximum absolute atomic E-state index is 12.8. The predicted octanol–water partition coefficient (Wildman–Crippen LogP) is 5.42. The van der Waals surface area contributed by atoms with E-state index in [-0.39, 0.29) is 13.1 Å². The molecular formula is C22H22F3NO. The molecule has 5 heteroatoms. The number of carbonyl (C=O) groups is 1. The van der Waals surface area contributed by atoms with Gasteiger partial charge in [0.25, 0.3) is 0 Å². The summed E-state index contributed by atoms with van der Waals surface area (Å²) >= 11 is 0. The fourth-order valence-electron chi connectivity index (χ4n) is 2.41. The summed E-state index contributed by atoms with van der Waals surface area (Å²) in [5.74, 6) is -1.84. The van der Waals surface area contributed by atoms with Crippen molar-refractivity contribution in [1.29, 1.82) is 0 Å². The maximum Gasteiger partial charge on any atom is 0.471 e. The Morgan fingerprint density at radius 3 is 1.52 bits per heavy atom. The van der Waals surface area contributed by atoms with Gasteiger partial charge in [0.2, 0.25) is 0 Å². The summed E-state index contributed by atoms with van der Waals surface area (Å²) < 4.78 is 38.5. The Labute approximate surface area is 157 Å². The molecular weight excluding hydrogens is 351 g/mol. The van der Waals surface area contributed by atoms with Crippen LogP contribution < -0.4 is 0 Å². The van der Waals surface area contributed by atoms with E-state index in [0.29, 0.717) is 0 Å². The van der Waals surface area contributed by atoms with Crippen molar-refractivity contribution < 1.29 is 18.0 Å². The SMILES string of the molecule is Cc1ccc(C=CCN(CC=Cc2ccc(C)cc2)C(=O)C(F)(F)F)cc1. The lowest BCUT2D eigenvalue weighted by Crippen LogP contribution is -2.41. The average Bonchev–Trinajstić information content (AvgIpc) is 2.62. The topological polar surface area (TPSA) is 20.3 Å². The van der Waals surface area contributed by atoms with E-state index in [2.05, 4.69) is 0 Å². The molecule has 0 heterocycles. The van der Waals surface area contributed by atoms with Gasteiger partial charge in [-0.05, 0) is 25.0 Å². The van der Waals surface area contributed by atoms with Crippen LogP contribution in [0.15, 0.2) is 60.7 Å². The zero-order chi connectivity index (χ0) is 19.9. The first kappa shape index (κ1) is 20.5. The molecule has 2 aromatic carbocycles. The molecule has 0 aliphatic rings. The highest BCUT2D eigenvalue weighted by Crippen LogP contribution is 2.19. The molecule has 27 heavy (non-hydrogen) atoms. The Kier molecular flexibility index (Phi) is 6.99. The van der Waals surface area contributed by atoms with Gasteiger partial charge in [-0.25, -0.2) is 0 Å². The number of hydrogen-bond donors (Lipinski definition) is 0. The number of hydrogen-bond acceptors (Lipinski definition) is 1. The Morgan fingerprint density at radius 2 is 1.19 bits per heavy atom. The summed E-state index contributed by atoms with van der Waals surface area (Å²) in [4.78, 5) is 12.4. The molecule has 0 atom stereocenters. The quantitative estimate of drug-likeness (QED) is 0.662. The minimum atomic E-state index is -4.89. The molecule has 142 valence electrons. The molecule has 2 aromatic rings. The number of carbonyl (C=O) groups excluding carboxylic acids is 1. The molecule has 0 aliphatic heterocycles. The third-order valence-corrected chi connectivity index (χ3v) is 3.96. The van der Waals surface area contributed by atoms with Crippen molar-refractivity contribution in [1.82, 2.24) is 4.90 Å². The van der Waals surface area contributed by atoms with Gasteiger partial charge in [0.05, 0.1) is 0 Å². The van der Waals surface area contributed by atoms with Crippen LogP contribution in [0.4, 0.5) is 13.2 Å². The normalized spacial score (nSPS) is 12.0. The van der Waals surface area contributed by atoms with Crippen LogP contribution in [0, 0.1) is 13.8 Å². The lowest BCUT2D eigenvalue weighted by atomic mass is 10.1. The monoisotopic (exact) mass is 373 g/mol. The average molecular weight is 373 g/mol. The zero-order valence-corrected chi connectivity index (χ0v) is 15.3. The van der Waals surface area contributed by atoms with E-state index in [1.807, 2.05) is 62.4 Å². The lowest BCUT2D eigenvalue weighted by molar-refractivity contribution is -0.184. The summed E-state index contributed by atoms with van der Waals surface area (Å²) in [6.45, 7) is 3.67. The molecule has 2 nitrogen and oxygen atoms in total. The van der Waals surface area contributed by atoms with E-state index < -0.39 is 12.1 Å². The van der Waals surface area contributed by atoms with E-state index in [0.717, 1.165) is 27.2 Å². The van der Waals surface area contributed by atoms with Gasteiger partial charge in [-0.1, -0.05) is 84.0 Å². The van der Waals surface area contributed by atoms with Gasteiger partial charge in [0, 0.05) is 13.1 Å². The number of alkyl halides is 3. The lowest BCUT2D eigenvalue weighted by Gasteiger charge is -2.20.